The molecule has 0 rings (SSSR count). The number of ether oxygens (including phenoxy) is 1. The third-order valence-electron chi connectivity index (χ3n) is 1.98. The predicted octanol–water partition coefficient (Wildman–Crippen LogP) is -0.879. The number of carbonyl (C=O) groups is 2. The third kappa shape index (κ3) is 14.8. The molecule has 0 heterocycles. The SMILES string of the molecule is CCCCOC(CCN)C(=O)NCC(N)=O.CCO. The van der Waals surface area contributed by atoms with Crippen molar-refractivity contribution in [1.29, 1.82) is 0 Å². The topological polar surface area (TPSA) is 128 Å². The summed E-state index contributed by atoms with van der Waals surface area (Å²) in [5, 5.41) is 9.97. The van der Waals surface area contributed by atoms with Crippen LogP contribution in [0.1, 0.15) is 33.1 Å². The van der Waals surface area contributed by atoms with Crippen molar-refractivity contribution in [2.75, 3.05) is 26.3 Å². The second-order valence-corrected chi connectivity index (χ2v) is 3.79. The van der Waals surface area contributed by atoms with Gasteiger partial charge in [0.2, 0.25) is 11.8 Å². The van der Waals surface area contributed by atoms with E-state index in [2.05, 4.69) is 5.32 Å². The van der Waals surface area contributed by atoms with Gasteiger partial charge in [-0.25, -0.2) is 0 Å². The zero-order valence-corrected chi connectivity index (χ0v) is 11.9. The van der Waals surface area contributed by atoms with Crippen LogP contribution in [0.25, 0.3) is 0 Å². The first-order valence-electron chi connectivity index (χ1n) is 6.51. The van der Waals surface area contributed by atoms with Crippen molar-refractivity contribution >= 4 is 11.8 Å². The first kappa shape index (κ1) is 20.1. The number of aliphatic hydroxyl groups is 1. The van der Waals surface area contributed by atoms with Crippen LogP contribution in [-0.2, 0) is 14.3 Å². The molecule has 7 heteroatoms. The number of rotatable bonds is 9. The largest absolute Gasteiger partial charge is 0.397 e. The van der Waals surface area contributed by atoms with Gasteiger partial charge in [0.15, 0.2) is 0 Å². The Morgan fingerprint density at radius 2 is 1.95 bits per heavy atom. The number of nitrogens with two attached hydrogens (primary N) is 2. The molecule has 19 heavy (non-hydrogen) atoms. The predicted molar refractivity (Wildman–Crippen MR) is 73.3 cm³/mol. The van der Waals surface area contributed by atoms with Gasteiger partial charge in [-0.2, -0.15) is 0 Å². The molecule has 0 saturated heterocycles. The lowest BCUT2D eigenvalue weighted by Gasteiger charge is -2.16. The lowest BCUT2D eigenvalue weighted by atomic mass is 10.2. The summed E-state index contributed by atoms with van der Waals surface area (Å²) >= 11 is 0. The van der Waals surface area contributed by atoms with Gasteiger partial charge in [-0.15, -0.1) is 0 Å². The molecule has 0 aromatic carbocycles. The highest BCUT2D eigenvalue weighted by Gasteiger charge is 2.17. The van der Waals surface area contributed by atoms with Crippen LogP contribution in [0.3, 0.4) is 0 Å². The summed E-state index contributed by atoms with van der Waals surface area (Å²) in [5.41, 5.74) is 10.3. The number of carbonyl (C=O) groups excluding carboxylic acids is 2. The molecule has 1 unspecified atom stereocenters. The molecule has 6 N–H and O–H groups in total. The summed E-state index contributed by atoms with van der Waals surface area (Å²) in [6.45, 7) is 4.68. The third-order valence-corrected chi connectivity index (χ3v) is 1.98. The highest BCUT2D eigenvalue weighted by Crippen LogP contribution is 2.00. The number of unbranched alkanes of at least 4 members (excludes halogenated alkanes) is 1. The molecule has 2 amide bonds. The Morgan fingerprint density at radius 1 is 1.37 bits per heavy atom. The van der Waals surface area contributed by atoms with Crippen LogP contribution >= 0.6 is 0 Å². The van der Waals surface area contributed by atoms with Crippen molar-refractivity contribution in [2.24, 2.45) is 11.5 Å². The summed E-state index contributed by atoms with van der Waals surface area (Å²) in [6, 6.07) is 0. The minimum atomic E-state index is -0.587. The zero-order valence-electron chi connectivity index (χ0n) is 11.9. The summed E-state index contributed by atoms with van der Waals surface area (Å²) in [5.74, 6) is -0.909. The van der Waals surface area contributed by atoms with Crippen molar-refractivity contribution in [3.63, 3.8) is 0 Å². The van der Waals surface area contributed by atoms with E-state index in [9.17, 15) is 9.59 Å². The molecule has 0 aliphatic carbocycles. The van der Waals surface area contributed by atoms with E-state index < -0.39 is 12.0 Å². The number of aliphatic hydroxyl groups excluding tert-OH is 1. The molecule has 0 saturated carbocycles. The van der Waals surface area contributed by atoms with Crippen LogP contribution in [0.15, 0.2) is 0 Å². The van der Waals surface area contributed by atoms with E-state index in [4.69, 9.17) is 21.3 Å². The zero-order chi connectivity index (χ0) is 15.1. The maximum Gasteiger partial charge on any atom is 0.249 e. The van der Waals surface area contributed by atoms with E-state index >= 15 is 0 Å². The Balaban J connectivity index is 0. The Labute approximate surface area is 114 Å². The standard InChI is InChI=1S/C10H21N3O3.C2H6O/c1-2-3-6-16-8(4-5-11)10(15)13-7-9(12)14;1-2-3/h8H,2-7,11H2,1H3,(H2,12,14)(H,13,15);3H,2H2,1H3. The van der Waals surface area contributed by atoms with Gasteiger partial charge >= 0.3 is 0 Å². The second-order valence-electron chi connectivity index (χ2n) is 3.79. The van der Waals surface area contributed by atoms with E-state index in [0.29, 0.717) is 19.6 Å². The number of amides is 2. The van der Waals surface area contributed by atoms with Crippen molar-refractivity contribution in [3.05, 3.63) is 0 Å². The molecular formula is C12H27N3O4. The van der Waals surface area contributed by atoms with Crippen molar-refractivity contribution in [3.8, 4) is 0 Å². The Kier molecular flexibility index (Phi) is 15.8. The van der Waals surface area contributed by atoms with Crippen molar-refractivity contribution in [2.45, 2.75) is 39.2 Å². The van der Waals surface area contributed by atoms with Crippen LogP contribution in [0.4, 0.5) is 0 Å². The van der Waals surface area contributed by atoms with Gasteiger partial charge in [-0.3, -0.25) is 9.59 Å². The van der Waals surface area contributed by atoms with Gasteiger partial charge in [-0.1, -0.05) is 13.3 Å². The van der Waals surface area contributed by atoms with Crippen LogP contribution < -0.4 is 16.8 Å². The average Bonchev–Trinajstić information content (AvgIpc) is 2.36. The summed E-state index contributed by atoms with van der Waals surface area (Å²) in [6.07, 6.45) is 1.74. The molecule has 1 atom stereocenters. The van der Waals surface area contributed by atoms with Crippen LogP contribution in [0, 0.1) is 0 Å². The lowest BCUT2D eigenvalue weighted by molar-refractivity contribution is -0.134. The molecular weight excluding hydrogens is 250 g/mol. The minimum absolute atomic E-state index is 0.170. The average molecular weight is 277 g/mol. The van der Waals surface area contributed by atoms with Gasteiger partial charge in [0.25, 0.3) is 0 Å². The van der Waals surface area contributed by atoms with Crippen molar-refractivity contribution < 1.29 is 19.4 Å². The first-order valence-corrected chi connectivity index (χ1v) is 6.51. The highest BCUT2D eigenvalue weighted by atomic mass is 16.5. The molecule has 7 nitrogen and oxygen atoms in total. The summed E-state index contributed by atoms with van der Waals surface area (Å²) in [4.78, 5) is 22.0. The molecule has 0 spiro atoms. The quantitative estimate of drug-likeness (QED) is 0.407. The Bertz CT molecular complexity index is 237. The van der Waals surface area contributed by atoms with Crippen LogP contribution in [0.5, 0.6) is 0 Å². The second kappa shape index (κ2) is 14.9. The van der Waals surface area contributed by atoms with Crippen molar-refractivity contribution in [1.82, 2.24) is 5.32 Å². The number of hydrogen-bond acceptors (Lipinski definition) is 5. The Hall–Kier alpha value is -1.18. The fraction of sp³-hybridized carbons (Fsp3) is 0.833. The van der Waals surface area contributed by atoms with Gasteiger partial charge in [0.05, 0.1) is 6.54 Å². The molecule has 0 aliphatic rings. The van der Waals surface area contributed by atoms with E-state index in [1.165, 1.54) is 0 Å². The number of hydrogen-bond donors (Lipinski definition) is 4. The number of primary amides is 1. The maximum atomic E-state index is 11.5. The Morgan fingerprint density at radius 3 is 2.37 bits per heavy atom. The van der Waals surface area contributed by atoms with Gasteiger partial charge < -0.3 is 26.6 Å². The first-order chi connectivity index (χ1) is 9.03. The minimum Gasteiger partial charge on any atom is -0.397 e. The normalized spacial score (nSPS) is 11.2. The molecule has 114 valence electrons. The molecule has 0 radical (unpaired) electrons. The van der Waals surface area contributed by atoms with E-state index in [-0.39, 0.29) is 19.1 Å². The lowest BCUT2D eigenvalue weighted by Crippen LogP contribution is -2.41. The maximum absolute atomic E-state index is 11.5. The summed E-state index contributed by atoms with van der Waals surface area (Å²) in [7, 11) is 0. The monoisotopic (exact) mass is 277 g/mol. The van der Waals surface area contributed by atoms with Gasteiger partial charge in [0.1, 0.15) is 6.10 Å². The van der Waals surface area contributed by atoms with E-state index in [1.54, 1.807) is 6.92 Å². The smallest absolute Gasteiger partial charge is 0.249 e. The van der Waals surface area contributed by atoms with E-state index in [0.717, 1.165) is 12.8 Å². The number of nitrogens with one attached hydrogen (secondary N) is 1. The molecule has 0 bridgehead atoms. The summed E-state index contributed by atoms with van der Waals surface area (Å²) < 4.78 is 5.37. The molecule has 0 aliphatic heterocycles. The molecule has 0 fully saturated rings. The van der Waals surface area contributed by atoms with Gasteiger partial charge in [-0.05, 0) is 26.3 Å². The fourth-order valence-corrected chi connectivity index (χ4v) is 1.10. The highest BCUT2D eigenvalue weighted by molar-refractivity contribution is 5.86. The van der Waals surface area contributed by atoms with Crippen LogP contribution in [-0.4, -0.2) is 49.3 Å². The molecule has 0 aromatic heterocycles. The van der Waals surface area contributed by atoms with Crippen LogP contribution in [0.2, 0.25) is 0 Å². The van der Waals surface area contributed by atoms with Gasteiger partial charge in [0, 0.05) is 13.2 Å². The fourth-order valence-electron chi connectivity index (χ4n) is 1.10. The van der Waals surface area contributed by atoms with E-state index in [1.807, 2.05) is 6.92 Å². The molecule has 0 aromatic rings.